The van der Waals surface area contributed by atoms with Gasteiger partial charge in [-0.2, -0.15) is 0 Å². The Bertz CT molecular complexity index is 448. The standard InChI is InChI=1S/C9H11N7/c10-15-7-4-8(16-11)14-9(13-7)6-2-1-3-12-5-6/h1-5H,10-11H2,(H2,13,14,15,16). The molecule has 0 spiro atoms. The molecule has 6 N–H and O–H groups in total. The van der Waals surface area contributed by atoms with E-state index >= 15 is 0 Å². The minimum atomic E-state index is 0.474. The van der Waals surface area contributed by atoms with Crippen molar-refractivity contribution in [2.45, 2.75) is 0 Å². The number of anilines is 2. The fraction of sp³-hybridized carbons (Fsp3) is 0. The van der Waals surface area contributed by atoms with Crippen LogP contribution in [0.4, 0.5) is 11.6 Å². The van der Waals surface area contributed by atoms with Crippen LogP contribution in [0.25, 0.3) is 11.4 Å². The molecule has 0 saturated heterocycles. The Kier molecular flexibility index (Phi) is 2.90. The summed E-state index contributed by atoms with van der Waals surface area (Å²) in [7, 11) is 0. The van der Waals surface area contributed by atoms with Crippen molar-refractivity contribution in [1.29, 1.82) is 0 Å². The molecule has 2 rings (SSSR count). The maximum Gasteiger partial charge on any atom is 0.165 e. The van der Waals surface area contributed by atoms with E-state index in [1.54, 1.807) is 24.5 Å². The maximum atomic E-state index is 5.30. The molecule has 0 aromatic carbocycles. The number of aromatic nitrogens is 3. The van der Waals surface area contributed by atoms with E-state index in [-0.39, 0.29) is 0 Å². The smallest absolute Gasteiger partial charge is 0.165 e. The number of rotatable bonds is 3. The molecule has 0 amide bonds. The summed E-state index contributed by atoms with van der Waals surface area (Å²) < 4.78 is 0. The zero-order chi connectivity index (χ0) is 11.4. The lowest BCUT2D eigenvalue weighted by molar-refractivity contribution is 1.12. The number of pyridine rings is 1. The van der Waals surface area contributed by atoms with Crippen LogP contribution in [0.5, 0.6) is 0 Å². The van der Waals surface area contributed by atoms with Crippen LogP contribution in [0.15, 0.2) is 30.6 Å². The second-order valence-corrected chi connectivity index (χ2v) is 2.99. The molecule has 0 aliphatic heterocycles. The molecule has 2 aromatic heterocycles. The summed E-state index contributed by atoms with van der Waals surface area (Å²) in [6.45, 7) is 0. The first-order valence-corrected chi connectivity index (χ1v) is 4.56. The first kappa shape index (κ1) is 10.3. The van der Waals surface area contributed by atoms with Gasteiger partial charge in [-0.15, -0.1) is 0 Å². The van der Waals surface area contributed by atoms with Gasteiger partial charge >= 0.3 is 0 Å². The zero-order valence-electron chi connectivity index (χ0n) is 8.38. The summed E-state index contributed by atoms with van der Waals surface area (Å²) in [4.78, 5) is 12.4. The van der Waals surface area contributed by atoms with Gasteiger partial charge in [-0.1, -0.05) is 0 Å². The number of hydrazine groups is 2. The lowest BCUT2D eigenvalue weighted by atomic mass is 10.2. The van der Waals surface area contributed by atoms with E-state index in [0.29, 0.717) is 17.5 Å². The van der Waals surface area contributed by atoms with E-state index in [1.807, 2.05) is 6.07 Å². The molecule has 0 fully saturated rings. The number of nitrogens with two attached hydrogens (primary N) is 2. The van der Waals surface area contributed by atoms with Gasteiger partial charge in [0.15, 0.2) is 5.82 Å². The van der Waals surface area contributed by atoms with E-state index in [1.165, 1.54) is 0 Å². The summed E-state index contributed by atoms with van der Waals surface area (Å²) in [6, 6.07) is 5.25. The number of nitrogen functional groups attached to an aromatic ring is 2. The quantitative estimate of drug-likeness (QED) is 0.426. The molecule has 2 heterocycles. The molecule has 0 saturated carbocycles. The van der Waals surface area contributed by atoms with Gasteiger partial charge in [-0.25, -0.2) is 21.7 Å². The Labute approximate surface area is 91.9 Å². The molecule has 7 heteroatoms. The molecule has 0 aliphatic rings. The van der Waals surface area contributed by atoms with Gasteiger partial charge < -0.3 is 10.9 Å². The van der Waals surface area contributed by atoms with Crippen LogP contribution in [0.1, 0.15) is 0 Å². The Morgan fingerprint density at radius 2 is 1.75 bits per heavy atom. The van der Waals surface area contributed by atoms with Crippen LogP contribution in [0.2, 0.25) is 0 Å². The predicted octanol–water partition coefficient (Wildman–Crippen LogP) is 0.110. The fourth-order valence-corrected chi connectivity index (χ4v) is 1.22. The molecular formula is C9H11N7. The van der Waals surface area contributed by atoms with Gasteiger partial charge in [0.05, 0.1) is 0 Å². The highest BCUT2D eigenvalue weighted by atomic mass is 15.3. The van der Waals surface area contributed by atoms with Gasteiger partial charge in [0.25, 0.3) is 0 Å². The maximum absolute atomic E-state index is 5.30. The lowest BCUT2D eigenvalue weighted by Gasteiger charge is -2.06. The number of nitrogens with zero attached hydrogens (tertiary/aromatic N) is 3. The molecule has 82 valence electrons. The number of nitrogens with one attached hydrogen (secondary N) is 2. The molecule has 7 nitrogen and oxygen atoms in total. The molecule has 0 unspecified atom stereocenters. The van der Waals surface area contributed by atoms with E-state index in [4.69, 9.17) is 11.7 Å². The fourth-order valence-electron chi connectivity index (χ4n) is 1.22. The topological polar surface area (TPSA) is 115 Å². The monoisotopic (exact) mass is 217 g/mol. The summed E-state index contributed by atoms with van der Waals surface area (Å²) in [5.41, 5.74) is 5.68. The average Bonchev–Trinajstić information content (AvgIpc) is 2.39. The summed E-state index contributed by atoms with van der Waals surface area (Å²) in [5, 5.41) is 0. The highest BCUT2D eigenvalue weighted by Crippen LogP contribution is 2.18. The Balaban J connectivity index is 2.48. The highest BCUT2D eigenvalue weighted by molar-refractivity contribution is 5.59. The van der Waals surface area contributed by atoms with E-state index in [0.717, 1.165) is 5.56 Å². The normalized spacial score (nSPS) is 9.88. The molecular weight excluding hydrogens is 206 g/mol. The molecule has 0 atom stereocenters. The second-order valence-electron chi connectivity index (χ2n) is 2.99. The summed E-state index contributed by atoms with van der Waals surface area (Å²) >= 11 is 0. The van der Waals surface area contributed by atoms with Gasteiger partial charge in [-0.3, -0.25) is 4.98 Å². The van der Waals surface area contributed by atoms with Crippen LogP contribution in [-0.4, -0.2) is 15.0 Å². The third-order valence-corrected chi connectivity index (χ3v) is 1.94. The van der Waals surface area contributed by atoms with Crippen molar-refractivity contribution in [2.24, 2.45) is 11.7 Å². The Morgan fingerprint density at radius 3 is 2.25 bits per heavy atom. The van der Waals surface area contributed by atoms with E-state index in [9.17, 15) is 0 Å². The molecule has 2 aromatic rings. The zero-order valence-corrected chi connectivity index (χ0v) is 8.38. The van der Waals surface area contributed by atoms with Crippen molar-refractivity contribution < 1.29 is 0 Å². The lowest BCUT2D eigenvalue weighted by Crippen LogP contribution is -2.13. The van der Waals surface area contributed by atoms with Crippen LogP contribution in [0.3, 0.4) is 0 Å². The van der Waals surface area contributed by atoms with Crippen LogP contribution in [0, 0.1) is 0 Å². The van der Waals surface area contributed by atoms with Gasteiger partial charge in [0.1, 0.15) is 11.6 Å². The van der Waals surface area contributed by atoms with Crippen molar-refractivity contribution in [2.75, 3.05) is 10.9 Å². The van der Waals surface area contributed by atoms with Crippen molar-refractivity contribution in [3.05, 3.63) is 30.6 Å². The minimum absolute atomic E-state index is 0.474. The largest absolute Gasteiger partial charge is 0.308 e. The molecule has 0 aliphatic carbocycles. The summed E-state index contributed by atoms with van der Waals surface area (Å²) in [6.07, 6.45) is 3.34. The Morgan fingerprint density at radius 1 is 1.06 bits per heavy atom. The highest BCUT2D eigenvalue weighted by Gasteiger charge is 2.05. The van der Waals surface area contributed by atoms with Crippen LogP contribution >= 0.6 is 0 Å². The molecule has 16 heavy (non-hydrogen) atoms. The van der Waals surface area contributed by atoms with E-state index in [2.05, 4.69) is 25.8 Å². The third-order valence-electron chi connectivity index (χ3n) is 1.94. The van der Waals surface area contributed by atoms with Crippen molar-refractivity contribution in [1.82, 2.24) is 15.0 Å². The second kappa shape index (κ2) is 4.51. The SMILES string of the molecule is NNc1cc(NN)nc(-c2cccnc2)n1. The minimum Gasteiger partial charge on any atom is -0.308 e. The first-order chi connectivity index (χ1) is 7.83. The predicted molar refractivity (Wildman–Crippen MR) is 60.9 cm³/mol. The van der Waals surface area contributed by atoms with Crippen LogP contribution < -0.4 is 22.5 Å². The van der Waals surface area contributed by atoms with E-state index < -0.39 is 0 Å². The first-order valence-electron chi connectivity index (χ1n) is 4.56. The van der Waals surface area contributed by atoms with Crippen LogP contribution in [-0.2, 0) is 0 Å². The number of hydrogen-bond acceptors (Lipinski definition) is 7. The van der Waals surface area contributed by atoms with Crippen molar-refractivity contribution in [3.63, 3.8) is 0 Å². The number of hydrogen-bond donors (Lipinski definition) is 4. The van der Waals surface area contributed by atoms with Gasteiger partial charge in [0, 0.05) is 24.0 Å². The van der Waals surface area contributed by atoms with Crippen molar-refractivity contribution >= 4 is 11.6 Å². The van der Waals surface area contributed by atoms with Gasteiger partial charge in [-0.05, 0) is 12.1 Å². The average molecular weight is 217 g/mol. The molecule has 0 radical (unpaired) electrons. The summed E-state index contributed by atoms with van der Waals surface area (Å²) in [5.74, 6) is 12.0. The third kappa shape index (κ3) is 2.05. The molecule has 0 bridgehead atoms. The Hall–Kier alpha value is -2.25. The van der Waals surface area contributed by atoms with Crippen molar-refractivity contribution in [3.8, 4) is 11.4 Å². The van der Waals surface area contributed by atoms with Gasteiger partial charge in [0.2, 0.25) is 0 Å².